The van der Waals surface area contributed by atoms with Gasteiger partial charge in [-0.05, 0) is 32.1 Å². The molecular formula is C14H23NO3. The minimum Gasteiger partial charge on any atom is -0.389 e. The zero-order valence-electron chi connectivity index (χ0n) is 10.9. The molecule has 1 aliphatic carbocycles. The van der Waals surface area contributed by atoms with Gasteiger partial charge >= 0.3 is 0 Å². The second kappa shape index (κ2) is 4.82. The molecule has 0 bridgehead atoms. The zero-order valence-corrected chi connectivity index (χ0v) is 10.9. The topological polar surface area (TPSA) is 49.8 Å². The van der Waals surface area contributed by atoms with E-state index in [-0.39, 0.29) is 17.9 Å². The predicted octanol–water partition coefficient (Wildman–Crippen LogP) is 1.32. The number of aliphatic hydroxyl groups is 1. The summed E-state index contributed by atoms with van der Waals surface area (Å²) < 4.78 is 5.48. The van der Waals surface area contributed by atoms with Gasteiger partial charge in [0, 0.05) is 25.6 Å². The Morgan fingerprint density at radius 3 is 2.89 bits per heavy atom. The van der Waals surface area contributed by atoms with Crippen molar-refractivity contribution in [2.75, 3.05) is 19.7 Å². The van der Waals surface area contributed by atoms with Crippen LogP contribution in [0, 0.1) is 5.92 Å². The minimum absolute atomic E-state index is 0.153. The number of nitrogens with zero attached hydrogens (tertiary/aromatic N) is 1. The van der Waals surface area contributed by atoms with Crippen LogP contribution in [-0.2, 0) is 9.53 Å². The highest BCUT2D eigenvalue weighted by molar-refractivity contribution is 5.81. The largest absolute Gasteiger partial charge is 0.389 e. The van der Waals surface area contributed by atoms with Crippen LogP contribution in [0.2, 0.25) is 0 Å². The van der Waals surface area contributed by atoms with E-state index in [2.05, 4.69) is 0 Å². The predicted molar refractivity (Wildman–Crippen MR) is 67.1 cm³/mol. The molecule has 4 nitrogen and oxygen atoms in total. The van der Waals surface area contributed by atoms with Crippen LogP contribution >= 0.6 is 0 Å². The Bertz CT molecular complexity index is 327. The van der Waals surface area contributed by atoms with Gasteiger partial charge in [0.1, 0.15) is 6.10 Å². The average Bonchev–Trinajstić information content (AvgIpc) is 2.90. The van der Waals surface area contributed by atoms with E-state index in [4.69, 9.17) is 4.74 Å². The van der Waals surface area contributed by atoms with E-state index >= 15 is 0 Å². The van der Waals surface area contributed by atoms with Gasteiger partial charge in [-0.3, -0.25) is 4.79 Å². The molecule has 2 heterocycles. The first-order chi connectivity index (χ1) is 8.69. The number of fused-ring (bicyclic) bond motifs is 1. The molecule has 3 atom stereocenters. The summed E-state index contributed by atoms with van der Waals surface area (Å²) in [6, 6.07) is 0. The third kappa shape index (κ3) is 2.16. The van der Waals surface area contributed by atoms with Crippen molar-refractivity contribution in [1.82, 2.24) is 4.90 Å². The van der Waals surface area contributed by atoms with Crippen LogP contribution in [0.1, 0.15) is 44.9 Å². The zero-order chi connectivity index (χ0) is 12.6. The van der Waals surface area contributed by atoms with Crippen LogP contribution in [0.3, 0.4) is 0 Å². The van der Waals surface area contributed by atoms with Crippen molar-refractivity contribution >= 4 is 5.91 Å². The first-order valence-electron chi connectivity index (χ1n) is 7.32. The number of rotatable bonds is 1. The van der Waals surface area contributed by atoms with Crippen molar-refractivity contribution in [2.24, 2.45) is 5.92 Å². The van der Waals surface area contributed by atoms with Gasteiger partial charge < -0.3 is 14.7 Å². The lowest BCUT2D eigenvalue weighted by Gasteiger charge is -2.47. The van der Waals surface area contributed by atoms with Crippen LogP contribution in [0.4, 0.5) is 0 Å². The summed E-state index contributed by atoms with van der Waals surface area (Å²) in [7, 11) is 0. The molecule has 0 aromatic heterocycles. The van der Waals surface area contributed by atoms with E-state index < -0.39 is 5.60 Å². The van der Waals surface area contributed by atoms with Crippen molar-refractivity contribution < 1.29 is 14.6 Å². The van der Waals surface area contributed by atoms with Gasteiger partial charge in [-0.25, -0.2) is 0 Å². The molecule has 2 unspecified atom stereocenters. The van der Waals surface area contributed by atoms with Gasteiger partial charge in [-0.1, -0.05) is 12.8 Å². The second-order valence-electron chi connectivity index (χ2n) is 6.08. The number of carbonyl (C=O) groups excluding carboxylic acids is 1. The maximum atomic E-state index is 12.3. The summed E-state index contributed by atoms with van der Waals surface area (Å²) in [5, 5.41) is 10.6. The highest BCUT2D eigenvalue weighted by Crippen LogP contribution is 2.40. The van der Waals surface area contributed by atoms with Crippen LogP contribution in [0.5, 0.6) is 0 Å². The van der Waals surface area contributed by atoms with E-state index in [1.807, 2.05) is 4.90 Å². The second-order valence-corrected chi connectivity index (χ2v) is 6.08. The highest BCUT2D eigenvalue weighted by Gasteiger charge is 2.44. The Balaban J connectivity index is 1.64. The maximum absolute atomic E-state index is 12.3. The number of piperidine rings is 1. The fourth-order valence-corrected chi connectivity index (χ4v) is 3.75. The number of amides is 1. The number of ether oxygens (including phenoxy) is 1. The van der Waals surface area contributed by atoms with Crippen molar-refractivity contribution in [3.8, 4) is 0 Å². The maximum Gasteiger partial charge on any atom is 0.251 e. The molecule has 3 fully saturated rings. The minimum atomic E-state index is -0.494. The summed E-state index contributed by atoms with van der Waals surface area (Å²) in [4.78, 5) is 14.2. The third-order valence-electron chi connectivity index (χ3n) is 4.94. The summed E-state index contributed by atoms with van der Waals surface area (Å²) in [5.41, 5.74) is -0.494. The van der Waals surface area contributed by atoms with Crippen LogP contribution in [0.25, 0.3) is 0 Å². The fourth-order valence-electron chi connectivity index (χ4n) is 3.75. The molecule has 3 aliphatic rings. The van der Waals surface area contributed by atoms with Crippen molar-refractivity contribution in [2.45, 2.75) is 56.7 Å². The number of likely N-dealkylation sites (tertiary alicyclic amines) is 1. The van der Waals surface area contributed by atoms with Gasteiger partial charge in [0.2, 0.25) is 0 Å². The van der Waals surface area contributed by atoms with E-state index in [1.165, 1.54) is 6.42 Å². The van der Waals surface area contributed by atoms with E-state index in [0.29, 0.717) is 6.54 Å². The van der Waals surface area contributed by atoms with Gasteiger partial charge in [-0.15, -0.1) is 0 Å². The summed E-state index contributed by atoms with van der Waals surface area (Å²) >= 11 is 0. The Morgan fingerprint density at radius 2 is 2.11 bits per heavy atom. The van der Waals surface area contributed by atoms with Gasteiger partial charge in [0.05, 0.1) is 5.60 Å². The summed E-state index contributed by atoms with van der Waals surface area (Å²) in [5.74, 6) is 0.436. The van der Waals surface area contributed by atoms with Crippen molar-refractivity contribution in [3.05, 3.63) is 0 Å². The highest BCUT2D eigenvalue weighted by atomic mass is 16.5. The Morgan fingerprint density at radius 1 is 1.22 bits per heavy atom. The molecule has 18 heavy (non-hydrogen) atoms. The Hall–Kier alpha value is -0.610. The number of hydrogen-bond acceptors (Lipinski definition) is 3. The molecule has 1 N–H and O–H groups in total. The molecular weight excluding hydrogens is 230 g/mol. The standard InChI is InChI=1S/C14H23NO3/c16-13(12-5-3-9-18-12)15-8-7-14(17)6-2-1-4-11(14)10-15/h11-12,17H,1-10H2/t11?,12-,14?/m0/s1. The molecule has 3 rings (SSSR count). The summed E-state index contributed by atoms with van der Waals surface area (Å²) in [6.45, 7) is 2.15. The Kier molecular flexibility index (Phi) is 3.32. The van der Waals surface area contributed by atoms with E-state index in [1.54, 1.807) is 0 Å². The molecule has 0 radical (unpaired) electrons. The lowest BCUT2D eigenvalue weighted by Crippen LogP contribution is -2.56. The van der Waals surface area contributed by atoms with Crippen LogP contribution in [0.15, 0.2) is 0 Å². The van der Waals surface area contributed by atoms with Crippen LogP contribution in [-0.4, -0.2) is 47.3 Å². The Labute approximate surface area is 108 Å². The van der Waals surface area contributed by atoms with Gasteiger partial charge in [0.25, 0.3) is 5.91 Å². The van der Waals surface area contributed by atoms with Gasteiger partial charge in [0.15, 0.2) is 0 Å². The first kappa shape index (κ1) is 12.4. The average molecular weight is 253 g/mol. The van der Waals surface area contributed by atoms with E-state index in [0.717, 1.165) is 51.7 Å². The normalized spacial score (nSPS) is 40.6. The number of hydrogen-bond donors (Lipinski definition) is 1. The molecule has 1 saturated carbocycles. The fraction of sp³-hybridized carbons (Fsp3) is 0.929. The quantitative estimate of drug-likeness (QED) is 0.766. The molecule has 2 saturated heterocycles. The third-order valence-corrected chi connectivity index (χ3v) is 4.94. The molecule has 1 amide bonds. The van der Waals surface area contributed by atoms with Crippen LogP contribution < -0.4 is 0 Å². The smallest absolute Gasteiger partial charge is 0.251 e. The number of carbonyl (C=O) groups is 1. The SMILES string of the molecule is O=C([C@@H]1CCCO1)N1CCC2(O)CCCCC2C1. The monoisotopic (exact) mass is 253 g/mol. The van der Waals surface area contributed by atoms with Crippen molar-refractivity contribution in [1.29, 1.82) is 0 Å². The van der Waals surface area contributed by atoms with E-state index in [9.17, 15) is 9.90 Å². The summed E-state index contributed by atoms with van der Waals surface area (Å²) in [6.07, 6.45) is 6.70. The first-order valence-corrected chi connectivity index (χ1v) is 7.32. The molecule has 2 aliphatic heterocycles. The molecule has 0 aromatic rings. The molecule has 0 aromatic carbocycles. The lowest BCUT2D eigenvalue weighted by molar-refractivity contribution is -0.152. The van der Waals surface area contributed by atoms with Gasteiger partial charge in [-0.2, -0.15) is 0 Å². The molecule has 102 valence electrons. The lowest BCUT2D eigenvalue weighted by atomic mass is 9.71. The van der Waals surface area contributed by atoms with Crippen molar-refractivity contribution in [3.63, 3.8) is 0 Å². The molecule has 4 heteroatoms. The molecule has 0 spiro atoms.